The Kier molecular flexibility index (Phi) is 6.24. The molecule has 0 aliphatic rings. The van der Waals surface area contributed by atoms with Crippen LogP contribution in [0.3, 0.4) is 0 Å². The minimum absolute atomic E-state index is 0.117. The smallest absolute Gasteiger partial charge is 0.413 e. The van der Waals surface area contributed by atoms with Gasteiger partial charge in [-0.1, -0.05) is 0 Å². The van der Waals surface area contributed by atoms with E-state index in [0.717, 1.165) is 0 Å². The van der Waals surface area contributed by atoms with E-state index in [2.05, 4.69) is 4.84 Å². The molecule has 0 aliphatic heterocycles. The van der Waals surface area contributed by atoms with E-state index in [-0.39, 0.29) is 13.2 Å². The first-order valence-electron chi connectivity index (χ1n) is 5.63. The average Bonchev–Trinajstić information content (AvgIpc) is 2.41. The number of halogens is 3. The lowest BCUT2D eigenvalue weighted by atomic mass is 10.2. The molecular formula is C12H13F3N2O3. The van der Waals surface area contributed by atoms with Gasteiger partial charge in [0.15, 0.2) is 6.61 Å². The first-order valence-corrected chi connectivity index (χ1v) is 5.63. The maximum atomic E-state index is 11.7. The third kappa shape index (κ3) is 6.94. The number of hydrogen-bond donors (Lipinski definition) is 2. The van der Waals surface area contributed by atoms with E-state index >= 15 is 0 Å². The molecule has 1 atom stereocenters. The van der Waals surface area contributed by atoms with Crippen LogP contribution in [0, 0.1) is 11.3 Å². The van der Waals surface area contributed by atoms with Gasteiger partial charge in [0.25, 0.3) is 0 Å². The molecule has 1 aromatic rings. The highest BCUT2D eigenvalue weighted by atomic mass is 19.4. The van der Waals surface area contributed by atoms with Gasteiger partial charge in [-0.05, 0) is 24.3 Å². The maximum absolute atomic E-state index is 11.7. The summed E-state index contributed by atoms with van der Waals surface area (Å²) in [4.78, 5) is 4.12. The second kappa shape index (κ2) is 7.69. The Bertz CT molecular complexity index is 443. The molecule has 0 radical (unpaired) electrons. The van der Waals surface area contributed by atoms with Crippen LogP contribution in [0.2, 0.25) is 0 Å². The number of nitrogens with one attached hydrogen (secondary N) is 1. The van der Waals surface area contributed by atoms with Gasteiger partial charge in [-0.3, -0.25) is 4.84 Å². The molecule has 2 N–H and O–H groups in total. The number of rotatable bonds is 7. The molecule has 1 aromatic carbocycles. The van der Waals surface area contributed by atoms with Crippen LogP contribution in [0.5, 0.6) is 5.75 Å². The zero-order valence-electron chi connectivity index (χ0n) is 10.4. The average molecular weight is 290 g/mol. The SMILES string of the molecule is N#Cc1ccc(OCC(O)CNOCC(F)(F)F)cc1. The summed E-state index contributed by atoms with van der Waals surface area (Å²) in [6, 6.07) is 8.15. The molecule has 110 valence electrons. The topological polar surface area (TPSA) is 74.5 Å². The Morgan fingerprint density at radius 1 is 1.30 bits per heavy atom. The number of hydrogen-bond acceptors (Lipinski definition) is 5. The summed E-state index contributed by atoms with van der Waals surface area (Å²) in [5, 5.41) is 18.0. The molecule has 0 heterocycles. The molecule has 0 aliphatic carbocycles. The van der Waals surface area contributed by atoms with E-state index in [9.17, 15) is 18.3 Å². The molecule has 0 spiro atoms. The van der Waals surface area contributed by atoms with Gasteiger partial charge in [0.2, 0.25) is 0 Å². The van der Waals surface area contributed by atoms with Gasteiger partial charge < -0.3 is 9.84 Å². The Morgan fingerprint density at radius 2 is 1.95 bits per heavy atom. The molecule has 0 amide bonds. The summed E-state index contributed by atoms with van der Waals surface area (Å²) in [6.45, 7) is -1.75. The van der Waals surface area contributed by atoms with Gasteiger partial charge in [-0.15, -0.1) is 0 Å². The van der Waals surface area contributed by atoms with Crippen molar-refractivity contribution in [1.82, 2.24) is 5.48 Å². The molecule has 0 bridgehead atoms. The molecule has 5 nitrogen and oxygen atoms in total. The highest BCUT2D eigenvalue weighted by Crippen LogP contribution is 2.13. The number of alkyl halides is 3. The van der Waals surface area contributed by atoms with Crippen molar-refractivity contribution < 1.29 is 27.9 Å². The Hall–Kier alpha value is -1.82. The Labute approximate surface area is 113 Å². The third-order valence-electron chi connectivity index (χ3n) is 2.08. The molecule has 0 saturated heterocycles. The van der Waals surface area contributed by atoms with Gasteiger partial charge in [-0.25, -0.2) is 0 Å². The van der Waals surface area contributed by atoms with Crippen molar-refractivity contribution in [2.75, 3.05) is 19.8 Å². The largest absolute Gasteiger partial charge is 0.491 e. The van der Waals surface area contributed by atoms with Crippen LogP contribution in [0.15, 0.2) is 24.3 Å². The number of nitrogens with zero attached hydrogens (tertiary/aromatic N) is 1. The number of aliphatic hydroxyl groups excluding tert-OH is 1. The van der Waals surface area contributed by atoms with Gasteiger partial charge in [-0.2, -0.15) is 23.9 Å². The summed E-state index contributed by atoms with van der Waals surface area (Å²) in [6.07, 6.45) is -5.45. The van der Waals surface area contributed by atoms with E-state index in [0.29, 0.717) is 11.3 Å². The highest BCUT2D eigenvalue weighted by molar-refractivity contribution is 5.34. The molecule has 8 heteroatoms. The second-order valence-electron chi connectivity index (χ2n) is 3.85. The fourth-order valence-electron chi connectivity index (χ4n) is 1.17. The summed E-state index contributed by atoms with van der Waals surface area (Å²) in [5.74, 6) is 0.444. The van der Waals surface area contributed by atoms with Gasteiger partial charge in [0.05, 0.1) is 18.2 Å². The monoisotopic (exact) mass is 290 g/mol. The van der Waals surface area contributed by atoms with E-state index in [1.807, 2.05) is 11.5 Å². The number of ether oxygens (including phenoxy) is 1. The van der Waals surface area contributed by atoms with Crippen LogP contribution in [0.25, 0.3) is 0 Å². The van der Waals surface area contributed by atoms with Crippen molar-refractivity contribution in [3.63, 3.8) is 0 Å². The van der Waals surface area contributed by atoms with Crippen LogP contribution in [0.1, 0.15) is 5.56 Å². The summed E-state index contributed by atoms with van der Waals surface area (Å²) < 4.78 is 40.4. The predicted molar refractivity (Wildman–Crippen MR) is 62.7 cm³/mol. The van der Waals surface area contributed by atoms with Gasteiger partial charge in [0.1, 0.15) is 18.5 Å². The lowest BCUT2D eigenvalue weighted by Crippen LogP contribution is -2.34. The van der Waals surface area contributed by atoms with Crippen molar-refractivity contribution in [2.24, 2.45) is 0 Å². The fraction of sp³-hybridized carbons (Fsp3) is 0.417. The Morgan fingerprint density at radius 3 is 2.50 bits per heavy atom. The van der Waals surface area contributed by atoms with E-state index < -0.39 is 18.9 Å². The zero-order chi connectivity index (χ0) is 15.0. The lowest BCUT2D eigenvalue weighted by Gasteiger charge is -2.14. The quantitative estimate of drug-likeness (QED) is 0.586. The summed E-state index contributed by atoms with van der Waals surface area (Å²) in [5.41, 5.74) is 2.48. The second-order valence-corrected chi connectivity index (χ2v) is 3.85. The normalized spacial score (nSPS) is 12.8. The van der Waals surface area contributed by atoms with E-state index in [4.69, 9.17) is 10.00 Å². The standard InChI is InChI=1S/C12H13F3N2O3/c13-12(14,15)8-20-17-6-10(18)7-19-11-3-1-9(5-16)2-4-11/h1-4,10,17-18H,6-8H2. The van der Waals surface area contributed by atoms with Crippen molar-refractivity contribution in [3.05, 3.63) is 29.8 Å². The molecule has 1 rings (SSSR count). The van der Waals surface area contributed by atoms with Crippen molar-refractivity contribution in [2.45, 2.75) is 12.3 Å². The first kappa shape index (κ1) is 16.2. The van der Waals surface area contributed by atoms with Crippen molar-refractivity contribution in [1.29, 1.82) is 5.26 Å². The summed E-state index contributed by atoms with van der Waals surface area (Å²) in [7, 11) is 0. The number of nitriles is 1. The summed E-state index contributed by atoms with van der Waals surface area (Å²) >= 11 is 0. The van der Waals surface area contributed by atoms with Gasteiger partial charge >= 0.3 is 6.18 Å². The first-order chi connectivity index (χ1) is 9.40. The van der Waals surface area contributed by atoms with Crippen LogP contribution in [-0.2, 0) is 4.84 Å². The van der Waals surface area contributed by atoms with Crippen LogP contribution < -0.4 is 10.2 Å². The van der Waals surface area contributed by atoms with Crippen LogP contribution in [0.4, 0.5) is 13.2 Å². The third-order valence-corrected chi connectivity index (χ3v) is 2.08. The van der Waals surface area contributed by atoms with E-state index in [1.165, 1.54) is 0 Å². The van der Waals surface area contributed by atoms with Crippen LogP contribution >= 0.6 is 0 Å². The van der Waals surface area contributed by atoms with Crippen molar-refractivity contribution in [3.8, 4) is 11.8 Å². The predicted octanol–water partition coefficient (Wildman–Crippen LogP) is 1.38. The minimum atomic E-state index is -4.42. The molecule has 0 fully saturated rings. The molecule has 0 saturated carbocycles. The molecule has 1 unspecified atom stereocenters. The van der Waals surface area contributed by atoms with E-state index in [1.54, 1.807) is 24.3 Å². The molecule has 20 heavy (non-hydrogen) atoms. The maximum Gasteiger partial charge on any atom is 0.413 e. The number of benzene rings is 1. The highest BCUT2D eigenvalue weighted by Gasteiger charge is 2.27. The minimum Gasteiger partial charge on any atom is -0.491 e. The fourth-order valence-corrected chi connectivity index (χ4v) is 1.17. The lowest BCUT2D eigenvalue weighted by molar-refractivity contribution is -0.191. The Balaban J connectivity index is 2.19. The number of aliphatic hydroxyl groups is 1. The van der Waals surface area contributed by atoms with Gasteiger partial charge in [0, 0.05) is 0 Å². The van der Waals surface area contributed by atoms with Crippen molar-refractivity contribution >= 4 is 0 Å². The molecule has 0 aromatic heterocycles. The molecular weight excluding hydrogens is 277 g/mol. The van der Waals surface area contributed by atoms with Crippen LogP contribution in [-0.4, -0.2) is 37.1 Å². The number of hydroxylamine groups is 1. The zero-order valence-corrected chi connectivity index (χ0v) is 10.4.